The second-order valence-corrected chi connectivity index (χ2v) is 17.6. The highest BCUT2D eigenvalue weighted by Gasteiger charge is 2.73. The fourth-order valence-electron chi connectivity index (χ4n) is 13.0. The molecule has 9 nitrogen and oxygen atoms in total. The van der Waals surface area contributed by atoms with Crippen molar-refractivity contribution in [2.24, 2.45) is 68.5 Å². The lowest BCUT2D eigenvalue weighted by molar-refractivity contribution is -0.235. The molecule has 0 aromatic rings. The number of carbonyl (C=O) groups excluding carboxylic acids is 1. The molecule has 0 aromatic carbocycles. The Balaban J connectivity index is 1.46. The second-order valence-electron chi connectivity index (χ2n) is 17.6. The molecule has 6 aliphatic rings. The molecule has 4 aliphatic carbocycles. The number of β-amino-alcohol motifs (C(OH)–C–C–N with tert-alkyl or cyclic N) is 1. The Morgan fingerprint density at radius 1 is 1.00 bits per heavy atom. The van der Waals surface area contributed by atoms with Gasteiger partial charge in [0, 0.05) is 24.3 Å². The smallest absolute Gasteiger partial charge is 0.307 e. The molecule has 2 aliphatic heterocycles. The number of nitrogens with one attached hydrogen (secondary N) is 1. The normalized spacial score (nSPS) is 50.4. The van der Waals surface area contributed by atoms with Gasteiger partial charge in [-0.25, -0.2) is 0 Å². The van der Waals surface area contributed by atoms with E-state index >= 15 is 0 Å². The summed E-state index contributed by atoms with van der Waals surface area (Å²) in [7, 11) is 0. The molecule has 0 spiro atoms. The fourth-order valence-corrected chi connectivity index (χ4v) is 13.0. The van der Waals surface area contributed by atoms with Gasteiger partial charge in [0.05, 0.1) is 31.1 Å². The van der Waals surface area contributed by atoms with E-state index < -0.39 is 70.2 Å². The number of allylic oxidation sites excluding steroid dienone is 1. The van der Waals surface area contributed by atoms with Gasteiger partial charge in [-0.15, -0.1) is 0 Å². The van der Waals surface area contributed by atoms with Crippen LogP contribution in [0.4, 0.5) is 0 Å². The average Bonchev–Trinajstić information content (AvgIpc) is 3.30. The van der Waals surface area contributed by atoms with Gasteiger partial charge in [-0.1, -0.05) is 60.1 Å². The summed E-state index contributed by atoms with van der Waals surface area (Å²) >= 11 is 0. The van der Waals surface area contributed by atoms with E-state index in [9.17, 15) is 29.7 Å². The number of rotatable bonds is 6. The average molecular weight is 644 g/mol. The Kier molecular flexibility index (Phi) is 8.13. The highest BCUT2D eigenvalue weighted by atomic mass is 16.6. The molecule has 2 bridgehead atoms. The Hall–Kier alpha value is -1.97. The first-order valence-corrected chi connectivity index (χ1v) is 17.7. The molecular formula is C37H57NO8. The third-order valence-corrected chi connectivity index (χ3v) is 15.6. The van der Waals surface area contributed by atoms with Crippen LogP contribution < -0.4 is 5.32 Å². The molecular weight excluding hydrogens is 586 g/mol. The van der Waals surface area contributed by atoms with Crippen molar-refractivity contribution >= 4 is 17.9 Å². The van der Waals surface area contributed by atoms with E-state index in [2.05, 4.69) is 59.9 Å². The number of hydrogen-bond acceptors (Lipinski definition) is 7. The van der Waals surface area contributed by atoms with E-state index in [-0.39, 0.29) is 35.1 Å². The molecule has 0 amide bonds. The zero-order chi connectivity index (χ0) is 33.8. The highest BCUT2D eigenvalue weighted by molar-refractivity contribution is 5.74. The van der Waals surface area contributed by atoms with E-state index in [1.54, 1.807) is 0 Å². The minimum atomic E-state index is -0.909. The lowest BCUT2D eigenvalue weighted by Gasteiger charge is -2.71. The molecule has 3 saturated carbocycles. The topological polar surface area (TPSA) is 142 Å². The molecule has 0 radical (unpaired) electrons. The third kappa shape index (κ3) is 4.38. The first kappa shape index (κ1) is 33.9. The minimum absolute atomic E-state index is 0.102. The number of carboxylic acids is 2. The standard InChI is InChI=1S/C37H57NO8/c1-19(2)20(3)33(5)13-14-35(7)23-9-10-26-34(6)17-45-18-37(26,24(23)11-12-36(35,8)30(33)32(43)44)15-22(27(34)31(41)42)28-29(46-21(4)39)25(40)16-38-28/h11,19-20,22-23,25-30,38,40H,9-10,12-18H2,1-8H3,(H,41,42)(H,43,44)/t20-,22?,23+,25?,26-,27?,28-,29+,30-,33-,34+,35-,36+,37+/m1/s1. The summed E-state index contributed by atoms with van der Waals surface area (Å²) in [4.78, 5) is 38.7. The number of esters is 1. The monoisotopic (exact) mass is 643 g/mol. The predicted octanol–water partition coefficient (Wildman–Crippen LogP) is 5.16. The molecule has 6 rings (SSSR count). The molecule has 258 valence electrons. The van der Waals surface area contributed by atoms with E-state index in [4.69, 9.17) is 9.47 Å². The number of carbonyl (C=O) groups is 3. The number of ether oxygens (including phenoxy) is 2. The van der Waals surface area contributed by atoms with Crippen LogP contribution in [0, 0.1) is 68.5 Å². The summed E-state index contributed by atoms with van der Waals surface area (Å²) in [5, 5.41) is 36.0. The molecule has 3 unspecified atom stereocenters. The Bertz CT molecular complexity index is 1310. The SMILES string of the molecule is CC(=O)O[C@H]1C(O)CN[C@@H]1C1C[C@@]23COC[C@](C)(C1C(=O)O)[C@H]2CC[C@H]1C3=CC[C@@]2(C)[C@H](C(=O)O)[C@@](C)([C@H](C)C(C)C)CC[C@]12C. The van der Waals surface area contributed by atoms with Gasteiger partial charge in [-0.2, -0.15) is 0 Å². The van der Waals surface area contributed by atoms with Crippen LogP contribution >= 0.6 is 0 Å². The lowest BCUT2D eigenvalue weighted by atomic mass is 9.33. The van der Waals surface area contributed by atoms with Crippen molar-refractivity contribution in [3.05, 3.63) is 11.6 Å². The lowest BCUT2D eigenvalue weighted by Crippen LogP contribution is -2.69. The van der Waals surface area contributed by atoms with E-state index in [1.807, 2.05) is 0 Å². The maximum absolute atomic E-state index is 13.4. The maximum Gasteiger partial charge on any atom is 0.307 e. The van der Waals surface area contributed by atoms with Crippen molar-refractivity contribution in [1.29, 1.82) is 0 Å². The molecule has 5 fully saturated rings. The van der Waals surface area contributed by atoms with Gasteiger partial charge in [-0.05, 0) is 84.4 Å². The Morgan fingerprint density at radius 3 is 2.30 bits per heavy atom. The van der Waals surface area contributed by atoms with E-state index in [1.165, 1.54) is 12.5 Å². The summed E-state index contributed by atoms with van der Waals surface area (Å²) in [6.45, 7) is 18.0. The summed E-state index contributed by atoms with van der Waals surface area (Å²) in [6, 6.07) is -0.495. The Labute approximate surface area is 274 Å². The molecule has 2 heterocycles. The van der Waals surface area contributed by atoms with Gasteiger partial charge >= 0.3 is 17.9 Å². The number of aliphatic carboxylic acids is 2. The molecule has 14 atom stereocenters. The summed E-state index contributed by atoms with van der Waals surface area (Å²) in [6.07, 6.45) is 5.47. The van der Waals surface area contributed by atoms with Crippen molar-refractivity contribution in [1.82, 2.24) is 5.32 Å². The van der Waals surface area contributed by atoms with E-state index in [0.29, 0.717) is 32.0 Å². The quantitative estimate of drug-likeness (QED) is 0.228. The van der Waals surface area contributed by atoms with Gasteiger partial charge in [0.25, 0.3) is 0 Å². The Morgan fingerprint density at radius 2 is 1.70 bits per heavy atom. The van der Waals surface area contributed by atoms with Gasteiger partial charge in [0.1, 0.15) is 12.2 Å². The first-order chi connectivity index (χ1) is 21.4. The van der Waals surface area contributed by atoms with Crippen molar-refractivity contribution in [3.63, 3.8) is 0 Å². The van der Waals surface area contributed by atoms with Crippen LogP contribution in [0.5, 0.6) is 0 Å². The number of fused-ring (bicyclic) bond motifs is 3. The number of hydrogen-bond donors (Lipinski definition) is 4. The van der Waals surface area contributed by atoms with Crippen LogP contribution in [0.3, 0.4) is 0 Å². The summed E-state index contributed by atoms with van der Waals surface area (Å²) < 4.78 is 12.1. The molecule has 4 N–H and O–H groups in total. The van der Waals surface area contributed by atoms with Crippen molar-refractivity contribution < 1.29 is 39.2 Å². The zero-order valence-corrected chi connectivity index (χ0v) is 29.1. The van der Waals surface area contributed by atoms with Gasteiger partial charge in [0.2, 0.25) is 0 Å². The third-order valence-electron chi connectivity index (χ3n) is 15.6. The molecule has 46 heavy (non-hydrogen) atoms. The highest BCUT2D eigenvalue weighted by Crippen LogP contribution is 2.75. The van der Waals surface area contributed by atoms with Gasteiger partial charge in [0.15, 0.2) is 0 Å². The van der Waals surface area contributed by atoms with E-state index in [0.717, 1.165) is 25.7 Å². The van der Waals surface area contributed by atoms with Gasteiger partial charge in [-0.3, -0.25) is 14.4 Å². The molecule has 2 saturated heterocycles. The van der Waals surface area contributed by atoms with Crippen molar-refractivity contribution in [2.45, 2.75) is 112 Å². The van der Waals surface area contributed by atoms with Crippen LogP contribution in [0.15, 0.2) is 11.6 Å². The van der Waals surface area contributed by atoms with Crippen LogP contribution in [-0.4, -0.2) is 71.2 Å². The van der Waals surface area contributed by atoms with Crippen LogP contribution in [0.25, 0.3) is 0 Å². The largest absolute Gasteiger partial charge is 0.481 e. The van der Waals surface area contributed by atoms with Crippen LogP contribution in [0.1, 0.15) is 93.9 Å². The van der Waals surface area contributed by atoms with Crippen LogP contribution in [0.2, 0.25) is 0 Å². The number of aliphatic hydroxyl groups excluding tert-OH is 1. The molecule has 0 aromatic heterocycles. The maximum atomic E-state index is 13.4. The first-order valence-electron chi connectivity index (χ1n) is 17.7. The van der Waals surface area contributed by atoms with Crippen LogP contribution in [-0.2, 0) is 23.9 Å². The zero-order valence-electron chi connectivity index (χ0n) is 29.1. The van der Waals surface area contributed by atoms with Crippen molar-refractivity contribution in [3.8, 4) is 0 Å². The molecule has 9 heteroatoms. The summed E-state index contributed by atoms with van der Waals surface area (Å²) in [5.74, 6) is -2.76. The van der Waals surface area contributed by atoms with Crippen molar-refractivity contribution in [2.75, 3.05) is 19.8 Å². The fraction of sp³-hybridized carbons (Fsp3) is 0.865. The summed E-state index contributed by atoms with van der Waals surface area (Å²) in [5.41, 5.74) is -0.732. The number of carboxylic acid groups (broad SMARTS) is 2. The van der Waals surface area contributed by atoms with Gasteiger partial charge < -0.3 is 30.1 Å². The minimum Gasteiger partial charge on any atom is -0.481 e. The second kappa shape index (κ2) is 11.0. The number of aliphatic hydroxyl groups is 1. The predicted molar refractivity (Wildman–Crippen MR) is 172 cm³/mol.